The summed E-state index contributed by atoms with van der Waals surface area (Å²) in [5.41, 5.74) is 0.512. The molecule has 0 radical (unpaired) electrons. The maximum absolute atomic E-state index is 12.3. The van der Waals surface area contributed by atoms with Crippen molar-refractivity contribution >= 4 is 0 Å². The molecular weight excluding hydrogens is 281 g/mol. The number of benzene rings is 1. The first kappa shape index (κ1) is 17.8. The van der Waals surface area contributed by atoms with Gasteiger partial charge in [0.1, 0.15) is 5.75 Å². The molecule has 21 heavy (non-hydrogen) atoms. The molecule has 0 unspecified atom stereocenters. The Morgan fingerprint density at radius 3 is 2.43 bits per heavy atom. The SMILES string of the molecule is CCN(CC)CCCNCc1ccccc1OC(F)(F)F. The average Bonchev–Trinajstić information content (AvgIpc) is 2.43. The highest BCUT2D eigenvalue weighted by Gasteiger charge is 2.31. The number of halogens is 3. The van der Waals surface area contributed by atoms with E-state index in [1.807, 2.05) is 0 Å². The molecule has 6 heteroatoms. The number of nitrogens with zero attached hydrogens (tertiary/aromatic N) is 1. The molecular formula is C15H23F3N2O. The van der Waals surface area contributed by atoms with Crippen LogP contribution in [0.1, 0.15) is 25.8 Å². The molecule has 0 saturated heterocycles. The Kier molecular flexibility index (Phi) is 7.53. The third kappa shape index (κ3) is 7.34. The van der Waals surface area contributed by atoms with Gasteiger partial charge in [0.05, 0.1) is 0 Å². The predicted octanol–water partition coefficient (Wildman–Crippen LogP) is 3.41. The molecule has 1 aromatic carbocycles. The van der Waals surface area contributed by atoms with E-state index in [1.165, 1.54) is 12.1 Å². The maximum Gasteiger partial charge on any atom is 0.573 e. The summed E-state index contributed by atoms with van der Waals surface area (Å²) in [6.45, 7) is 8.36. The molecule has 1 aromatic rings. The van der Waals surface area contributed by atoms with Crippen molar-refractivity contribution in [2.45, 2.75) is 33.2 Å². The number of rotatable bonds is 9. The fraction of sp³-hybridized carbons (Fsp3) is 0.600. The molecule has 0 amide bonds. The van der Waals surface area contributed by atoms with Crippen molar-refractivity contribution in [3.63, 3.8) is 0 Å². The van der Waals surface area contributed by atoms with E-state index < -0.39 is 6.36 Å². The van der Waals surface area contributed by atoms with E-state index in [4.69, 9.17) is 0 Å². The standard InChI is InChI=1S/C15H23F3N2O/c1-3-20(4-2)11-7-10-19-12-13-8-5-6-9-14(13)21-15(16,17)18/h5-6,8-9,19H,3-4,7,10-12H2,1-2H3. The summed E-state index contributed by atoms with van der Waals surface area (Å²) < 4.78 is 40.9. The zero-order valence-electron chi connectivity index (χ0n) is 12.5. The number of para-hydroxylation sites is 1. The lowest BCUT2D eigenvalue weighted by Gasteiger charge is -2.18. The lowest BCUT2D eigenvalue weighted by atomic mass is 10.2. The van der Waals surface area contributed by atoms with E-state index in [2.05, 4.69) is 28.8 Å². The summed E-state index contributed by atoms with van der Waals surface area (Å²) in [4.78, 5) is 2.31. The minimum atomic E-state index is -4.65. The summed E-state index contributed by atoms with van der Waals surface area (Å²) in [6.07, 6.45) is -3.69. The van der Waals surface area contributed by atoms with Gasteiger partial charge in [0.15, 0.2) is 0 Å². The minimum absolute atomic E-state index is 0.138. The van der Waals surface area contributed by atoms with Crippen molar-refractivity contribution in [2.24, 2.45) is 0 Å². The molecule has 0 aliphatic heterocycles. The van der Waals surface area contributed by atoms with Crippen molar-refractivity contribution in [3.8, 4) is 5.75 Å². The van der Waals surface area contributed by atoms with Gasteiger partial charge >= 0.3 is 6.36 Å². The average molecular weight is 304 g/mol. The predicted molar refractivity (Wildman–Crippen MR) is 77.2 cm³/mol. The van der Waals surface area contributed by atoms with E-state index in [-0.39, 0.29) is 5.75 Å². The molecule has 0 aromatic heterocycles. The first-order valence-electron chi connectivity index (χ1n) is 7.23. The van der Waals surface area contributed by atoms with Crippen LogP contribution in [0.5, 0.6) is 5.75 Å². The first-order valence-corrected chi connectivity index (χ1v) is 7.23. The summed E-state index contributed by atoms with van der Waals surface area (Å²) in [5, 5.41) is 3.16. The van der Waals surface area contributed by atoms with Crippen molar-refractivity contribution < 1.29 is 17.9 Å². The summed E-state index contributed by atoms with van der Waals surface area (Å²) >= 11 is 0. The minimum Gasteiger partial charge on any atom is -0.405 e. The van der Waals surface area contributed by atoms with Gasteiger partial charge in [-0.1, -0.05) is 32.0 Å². The van der Waals surface area contributed by atoms with Crippen LogP contribution in [-0.2, 0) is 6.54 Å². The molecule has 1 N–H and O–H groups in total. The van der Waals surface area contributed by atoms with Crippen molar-refractivity contribution in [3.05, 3.63) is 29.8 Å². The Morgan fingerprint density at radius 1 is 1.14 bits per heavy atom. The molecule has 1 rings (SSSR count). The quantitative estimate of drug-likeness (QED) is 0.708. The molecule has 0 heterocycles. The van der Waals surface area contributed by atoms with E-state index in [1.54, 1.807) is 12.1 Å². The lowest BCUT2D eigenvalue weighted by Crippen LogP contribution is -2.27. The fourth-order valence-electron chi connectivity index (χ4n) is 2.06. The Labute approximate surface area is 124 Å². The second-order valence-electron chi connectivity index (χ2n) is 4.71. The zero-order chi connectivity index (χ0) is 15.7. The highest BCUT2D eigenvalue weighted by atomic mass is 19.4. The third-order valence-electron chi connectivity index (χ3n) is 3.24. The number of hydrogen-bond acceptors (Lipinski definition) is 3. The fourth-order valence-corrected chi connectivity index (χ4v) is 2.06. The summed E-state index contributed by atoms with van der Waals surface area (Å²) in [6, 6.07) is 6.21. The highest BCUT2D eigenvalue weighted by molar-refractivity contribution is 5.33. The normalized spacial score (nSPS) is 11.9. The van der Waals surface area contributed by atoms with Gasteiger partial charge in [0, 0.05) is 12.1 Å². The van der Waals surface area contributed by atoms with Gasteiger partial charge in [-0.2, -0.15) is 0 Å². The van der Waals surface area contributed by atoms with Crippen LogP contribution < -0.4 is 10.1 Å². The van der Waals surface area contributed by atoms with Crippen LogP contribution in [0.2, 0.25) is 0 Å². The number of ether oxygens (including phenoxy) is 1. The van der Waals surface area contributed by atoms with Gasteiger partial charge < -0.3 is 15.0 Å². The molecule has 0 bridgehead atoms. The maximum atomic E-state index is 12.3. The third-order valence-corrected chi connectivity index (χ3v) is 3.24. The van der Waals surface area contributed by atoms with Crippen LogP contribution in [0.4, 0.5) is 13.2 Å². The van der Waals surface area contributed by atoms with Gasteiger partial charge in [0.2, 0.25) is 0 Å². The molecule has 0 atom stereocenters. The monoisotopic (exact) mass is 304 g/mol. The smallest absolute Gasteiger partial charge is 0.405 e. The molecule has 0 aliphatic carbocycles. The van der Waals surface area contributed by atoms with Crippen LogP contribution >= 0.6 is 0 Å². The number of nitrogens with one attached hydrogen (secondary N) is 1. The molecule has 0 spiro atoms. The highest BCUT2D eigenvalue weighted by Crippen LogP contribution is 2.25. The van der Waals surface area contributed by atoms with Crippen molar-refractivity contribution in [1.82, 2.24) is 10.2 Å². The molecule has 3 nitrogen and oxygen atoms in total. The molecule has 0 saturated carbocycles. The lowest BCUT2D eigenvalue weighted by molar-refractivity contribution is -0.274. The van der Waals surface area contributed by atoms with Crippen LogP contribution in [0.3, 0.4) is 0 Å². The van der Waals surface area contributed by atoms with Gasteiger partial charge in [-0.15, -0.1) is 13.2 Å². The number of hydrogen-bond donors (Lipinski definition) is 1. The zero-order valence-corrected chi connectivity index (χ0v) is 12.5. The van der Waals surface area contributed by atoms with Gasteiger partial charge in [0.25, 0.3) is 0 Å². The summed E-state index contributed by atoms with van der Waals surface area (Å²) in [5.74, 6) is -0.138. The van der Waals surface area contributed by atoms with Crippen LogP contribution in [0.25, 0.3) is 0 Å². The Hall–Kier alpha value is -1.27. The summed E-state index contributed by atoms with van der Waals surface area (Å²) in [7, 11) is 0. The Morgan fingerprint density at radius 2 is 1.81 bits per heavy atom. The van der Waals surface area contributed by atoms with E-state index in [0.717, 1.165) is 32.6 Å². The van der Waals surface area contributed by atoms with Gasteiger partial charge in [-0.3, -0.25) is 0 Å². The van der Waals surface area contributed by atoms with Gasteiger partial charge in [-0.25, -0.2) is 0 Å². The molecule has 0 fully saturated rings. The van der Waals surface area contributed by atoms with Crippen LogP contribution in [0.15, 0.2) is 24.3 Å². The second-order valence-corrected chi connectivity index (χ2v) is 4.71. The topological polar surface area (TPSA) is 24.5 Å². The van der Waals surface area contributed by atoms with E-state index in [0.29, 0.717) is 12.1 Å². The Balaban J connectivity index is 2.38. The molecule has 0 aliphatic rings. The van der Waals surface area contributed by atoms with Crippen LogP contribution in [-0.4, -0.2) is 37.4 Å². The van der Waals surface area contributed by atoms with Crippen molar-refractivity contribution in [2.75, 3.05) is 26.2 Å². The largest absolute Gasteiger partial charge is 0.573 e. The first-order chi connectivity index (χ1) is 9.96. The van der Waals surface area contributed by atoms with E-state index >= 15 is 0 Å². The molecule has 120 valence electrons. The van der Waals surface area contributed by atoms with Gasteiger partial charge in [-0.05, 0) is 38.7 Å². The second kappa shape index (κ2) is 8.89. The van der Waals surface area contributed by atoms with Crippen molar-refractivity contribution in [1.29, 1.82) is 0 Å². The van der Waals surface area contributed by atoms with Crippen LogP contribution in [0, 0.1) is 0 Å². The Bertz CT molecular complexity index is 406. The number of alkyl halides is 3. The van der Waals surface area contributed by atoms with E-state index in [9.17, 15) is 13.2 Å².